The third-order valence-electron chi connectivity index (χ3n) is 2.81. The minimum Gasteiger partial charge on any atom is -0.330 e. The van der Waals surface area contributed by atoms with Crippen molar-refractivity contribution in [1.29, 1.82) is 0 Å². The molecule has 3 aromatic rings. The molecule has 2 aromatic heterocycles. The fourth-order valence-electron chi connectivity index (χ4n) is 1.97. The summed E-state index contributed by atoms with van der Waals surface area (Å²) >= 11 is 1.73. The molecule has 0 aliphatic heterocycles. The fourth-order valence-corrected chi connectivity index (χ4v) is 2.94. The quantitative estimate of drug-likeness (QED) is 0.779. The van der Waals surface area contributed by atoms with Gasteiger partial charge >= 0.3 is 0 Å². The Labute approximate surface area is 109 Å². The third-order valence-corrected chi connectivity index (χ3v) is 3.83. The molecule has 4 nitrogen and oxygen atoms in total. The van der Waals surface area contributed by atoms with Crippen LogP contribution in [-0.4, -0.2) is 21.1 Å². The summed E-state index contributed by atoms with van der Waals surface area (Å²) in [5, 5.41) is 1.10. The average Bonchev–Trinajstić information content (AvgIpc) is 2.97. The number of hydrogen-bond donors (Lipinski definition) is 1. The number of nitrogens with zero attached hydrogens (tertiary/aromatic N) is 3. The molecule has 0 amide bonds. The first kappa shape index (κ1) is 11.4. The third kappa shape index (κ3) is 2.14. The second kappa shape index (κ2) is 4.88. The minimum absolute atomic E-state index is 0.622. The van der Waals surface area contributed by atoms with Gasteiger partial charge in [0.05, 0.1) is 16.8 Å². The Balaban J connectivity index is 1.89. The largest absolute Gasteiger partial charge is 0.330 e. The van der Waals surface area contributed by atoms with E-state index in [-0.39, 0.29) is 0 Å². The van der Waals surface area contributed by atoms with Gasteiger partial charge in [0.1, 0.15) is 10.8 Å². The summed E-state index contributed by atoms with van der Waals surface area (Å²) < 4.78 is 3.35. The Morgan fingerprint density at radius 2 is 2.17 bits per heavy atom. The van der Waals surface area contributed by atoms with Crippen molar-refractivity contribution in [1.82, 2.24) is 14.5 Å². The minimum atomic E-state index is 0.622. The van der Waals surface area contributed by atoms with Gasteiger partial charge in [0, 0.05) is 18.8 Å². The summed E-state index contributed by atoms with van der Waals surface area (Å²) in [5.41, 5.74) is 6.64. The van der Waals surface area contributed by atoms with Crippen molar-refractivity contribution in [2.24, 2.45) is 5.73 Å². The molecule has 5 heteroatoms. The Bertz CT molecular complexity index is 623. The van der Waals surface area contributed by atoms with Crippen LogP contribution in [0.1, 0.15) is 10.8 Å². The SMILES string of the molecule is NCCc1nccn1Cc1nc2ccccc2s1. The highest BCUT2D eigenvalue weighted by Crippen LogP contribution is 2.22. The van der Waals surface area contributed by atoms with Gasteiger partial charge in [-0.2, -0.15) is 0 Å². The monoisotopic (exact) mass is 258 g/mol. The summed E-state index contributed by atoms with van der Waals surface area (Å²) in [6.07, 6.45) is 4.60. The number of imidazole rings is 1. The Morgan fingerprint density at radius 1 is 1.28 bits per heavy atom. The van der Waals surface area contributed by atoms with E-state index in [9.17, 15) is 0 Å². The molecule has 2 N–H and O–H groups in total. The molecule has 0 bridgehead atoms. The van der Waals surface area contributed by atoms with Gasteiger partial charge in [-0.1, -0.05) is 12.1 Å². The zero-order chi connectivity index (χ0) is 12.4. The maximum absolute atomic E-state index is 5.58. The summed E-state index contributed by atoms with van der Waals surface area (Å²) in [6, 6.07) is 8.21. The average molecular weight is 258 g/mol. The van der Waals surface area contributed by atoms with Crippen LogP contribution >= 0.6 is 11.3 Å². The Morgan fingerprint density at radius 3 is 3.00 bits per heavy atom. The van der Waals surface area contributed by atoms with Crippen molar-refractivity contribution < 1.29 is 0 Å². The van der Waals surface area contributed by atoms with Crippen molar-refractivity contribution in [3.63, 3.8) is 0 Å². The highest BCUT2D eigenvalue weighted by atomic mass is 32.1. The number of thiazole rings is 1. The van der Waals surface area contributed by atoms with Crippen LogP contribution in [0.3, 0.4) is 0 Å². The van der Waals surface area contributed by atoms with Crippen molar-refractivity contribution >= 4 is 21.6 Å². The second-order valence-electron chi connectivity index (χ2n) is 4.09. The molecule has 3 rings (SSSR count). The molecule has 0 aliphatic carbocycles. The summed E-state index contributed by atoms with van der Waals surface area (Å²) in [4.78, 5) is 8.94. The first-order chi connectivity index (χ1) is 8.86. The lowest BCUT2D eigenvalue weighted by molar-refractivity contribution is 0.714. The van der Waals surface area contributed by atoms with Crippen LogP contribution in [0.4, 0.5) is 0 Å². The lowest BCUT2D eigenvalue weighted by Crippen LogP contribution is -2.10. The Hall–Kier alpha value is -1.72. The number of aromatic nitrogens is 3. The summed E-state index contributed by atoms with van der Waals surface area (Å²) in [7, 11) is 0. The van der Waals surface area contributed by atoms with Gasteiger partial charge in [0.15, 0.2) is 0 Å². The number of para-hydroxylation sites is 1. The van der Waals surface area contributed by atoms with Gasteiger partial charge in [0.2, 0.25) is 0 Å². The van der Waals surface area contributed by atoms with E-state index in [2.05, 4.69) is 20.6 Å². The topological polar surface area (TPSA) is 56.7 Å². The highest BCUT2D eigenvalue weighted by Gasteiger charge is 2.06. The Kier molecular flexibility index (Phi) is 3.08. The molecule has 0 unspecified atom stereocenters. The predicted octanol–water partition coefficient (Wildman–Crippen LogP) is 2.04. The maximum Gasteiger partial charge on any atom is 0.114 e. The molecule has 92 valence electrons. The molecular weight excluding hydrogens is 244 g/mol. The van der Waals surface area contributed by atoms with Crippen LogP contribution in [0.25, 0.3) is 10.2 Å². The van der Waals surface area contributed by atoms with E-state index >= 15 is 0 Å². The first-order valence-electron chi connectivity index (χ1n) is 5.91. The number of hydrogen-bond acceptors (Lipinski definition) is 4. The van der Waals surface area contributed by atoms with Crippen LogP contribution in [-0.2, 0) is 13.0 Å². The van der Waals surface area contributed by atoms with Gasteiger partial charge in [-0.15, -0.1) is 11.3 Å². The van der Waals surface area contributed by atoms with E-state index in [1.807, 2.05) is 30.6 Å². The lowest BCUT2D eigenvalue weighted by Gasteiger charge is -2.03. The van der Waals surface area contributed by atoms with Crippen LogP contribution in [0.5, 0.6) is 0 Å². The molecule has 0 saturated carbocycles. The van der Waals surface area contributed by atoms with Crippen LogP contribution in [0.15, 0.2) is 36.7 Å². The van der Waals surface area contributed by atoms with Gasteiger partial charge < -0.3 is 10.3 Å². The van der Waals surface area contributed by atoms with Gasteiger partial charge in [-0.05, 0) is 18.7 Å². The maximum atomic E-state index is 5.58. The molecular formula is C13H14N4S. The summed E-state index contributed by atoms with van der Waals surface area (Å²) in [5.74, 6) is 1.02. The lowest BCUT2D eigenvalue weighted by atomic mass is 10.3. The first-order valence-corrected chi connectivity index (χ1v) is 6.73. The van der Waals surface area contributed by atoms with Crippen molar-refractivity contribution in [2.45, 2.75) is 13.0 Å². The zero-order valence-corrected chi connectivity index (χ0v) is 10.7. The number of nitrogens with two attached hydrogens (primary N) is 1. The highest BCUT2D eigenvalue weighted by molar-refractivity contribution is 7.18. The molecule has 0 radical (unpaired) electrons. The predicted molar refractivity (Wildman–Crippen MR) is 73.7 cm³/mol. The van der Waals surface area contributed by atoms with Crippen LogP contribution in [0, 0.1) is 0 Å². The number of benzene rings is 1. The number of rotatable bonds is 4. The van der Waals surface area contributed by atoms with Crippen molar-refractivity contribution in [3.05, 3.63) is 47.5 Å². The molecule has 0 aliphatic rings. The molecule has 1 aromatic carbocycles. The van der Waals surface area contributed by atoms with E-state index < -0.39 is 0 Å². The van der Waals surface area contributed by atoms with E-state index in [1.54, 1.807) is 11.3 Å². The molecule has 0 atom stereocenters. The van der Waals surface area contributed by atoms with Gasteiger partial charge in [-0.3, -0.25) is 0 Å². The fraction of sp³-hybridized carbons (Fsp3) is 0.231. The van der Waals surface area contributed by atoms with Crippen molar-refractivity contribution in [2.75, 3.05) is 6.54 Å². The van der Waals surface area contributed by atoms with Gasteiger partial charge in [0.25, 0.3) is 0 Å². The molecule has 2 heterocycles. The van der Waals surface area contributed by atoms with Crippen LogP contribution < -0.4 is 5.73 Å². The molecule has 0 spiro atoms. The van der Waals surface area contributed by atoms with Crippen LogP contribution in [0.2, 0.25) is 0 Å². The van der Waals surface area contributed by atoms with E-state index in [1.165, 1.54) is 4.70 Å². The summed E-state index contributed by atoms with van der Waals surface area (Å²) in [6.45, 7) is 1.39. The molecule has 18 heavy (non-hydrogen) atoms. The standard InChI is InChI=1S/C13H14N4S/c14-6-5-12-15-7-8-17(12)9-13-16-10-3-1-2-4-11(10)18-13/h1-4,7-8H,5-6,9,14H2. The number of fused-ring (bicyclic) bond motifs is 1. The zero-order valence-electron chi connectivity index (χ0n) is 9.91. The molecule has 0 saturated heterocycles. The van der Waals surface area contributed by atoms with E-state index in [0.29, 0.717) is 6.54 Å². The molecule has 0 fully saturated rings. The second-order valence-corrected chi connectivity index (χ2v) is 5.20. The van der Waals surface area contributed by atoms with E-state index in [0.717, 1.165) is 29.3 Å². The normalized spacial score (nSPS) is 11.2. The van der Waals surface area contributed by atoms with Gasteiger partial charge in [-0.25, -0.2) is 9.97 Å². The van der Waals surface area contributed by atoms with Crippen molar-refractivity contribution in [3.8, 4) is 0 Å². The smallest absolute Gasteiger partial charge is 0.114 e. The van der Waals surface area contributed by atoms with E-state index in [4.69, 9.17) is 5.73 Å².